The highest BCUT2D eigenvalue weighted by Gasteiger charge is 2.27. The molecule has 0 spiro atoms. The maximum atomic E-state index is 12.5. The SMILES string of the molecule is N#CCc1cc(N)c(C(F)F)c([N+](=O)[O-])n1. The molecule has 8 heteroatoms. The summed E-state index contributed by atoms with van der Waals surface area (Å²) in [6.07, 6.45) is -3.31. The Hall–Kier alpha value is -2.30. The zero-order valence-electron chi connectivity index (χ0n) is 7.85. The van der Waals surface area contributed by atoms with Gasteiger partial charge < -0.3 is 15.8 Å². The summed E-state index contributed by atoms with van der Waals surface area (Å²) in [5.74, 6) is -1.000. The summed E-state index contributed by atoms with van der Waals surface area (Å²) in [4.78, 5) is 12.8. The van der Waals surface area contributed by atoms with Crippen molar-refractivity contribution in [2.75, 3.05) is 5.73 Å². The van der Waals surface area contributed by atoms with Gasteiger partial charge in [0, 0.05) is 6.07 Å². The van der Waals surface area contributed by atoms with Gasteiger partial charge in [0.05, 0.1) is 11.8 Å². The number of nitro groups is 1. The van der Waals surface area contributed by atoms with Crippen molar-refractivity contribution >= 4 is 11.5 Å². The molecule has 6 nitrogen and oxygen atoms in total. The van der Waals surface area contributed by atoms with Crippen LogP contribution in [0.1, 0.15) is 17.7 Å². The Labute approximate surface area is 88.5 Å². The van der Waals surface area contributed by atoms with Crippen molar-refractivity contribution in [3.05, 3.63) is 27.4 Å². The third-order valence-corrected chi connectivity index (χ3v) is 1.77. The van der Waals surface area contributed by atoms with Crippen LogP contribution in [0.5, 0.6) is 0 Å². The first kappa shape index (κ1) is 11.8. The van der Waals surface area contributed by atoms with Gasteiger partial charge in [-0.05, 0) is 9.91 Å². The van der Waals surface area contributed by atoms with Gasteiger partial charge in [-0.25, -0.2) is 8.78 Å². The molecule has 0 amide bonds. The number of hydrogen-bond donors (Lipinski definition) is 1. The number of rotatable bonds is 3. The average Bonchev–Trinajstić information content (AvgIpc) is 2.16. The van der Waals surface area contributed by atoms with E-state index in [0.29, 0.717) is 0 Å². The number of nitriles is 1. The van der Waals surface area contributed by atoms with Crippen LogP contribution in [0, 0.1) is 21.4 Å². The number of aromatic nitrogens is 1. The molecule has 0 aromatic carbocycles. The van der Waals surface area contributed by atoms with E-state index in [1.165, 1.54) is 0 Å². The summed E-state index contributed by atoms with van der Waals surface area (Å²) >= 11 is 0. The standard InChI is InChI=1S/C8H6F2N4O2/c9-7(10)6-5(12)3-4(1-2-11)13-8(6)14(15)16/h3,7H,1H2,(H2,12,13). The van der Waals surface area contributed by atoms with E-state index >= 15 is 0 Å². The van der Waals surface area contributed by atoms with Crippen molar-refractivity contribution in [1.29, 1.82) is 5.26 Å². The first-order valence-electron chi connectivity index (χ1n) is 4.06. The van der Waals surface area contributed by atoms with Crippen LogP contribution < -0.4 is 5.73 Å². The maximum absolute atomic E-state index is 12.5. The molecule has 2 N–H and O–H groups in total. The molecule has 0 fully saturated rings. The van der Waals surface area contributed by atoms with Gasteiger partial charge in [0.15, 0.2) is 5.69 Å². The van der Waals surface area contributed by atoms with Gasteiger partial charge in [-0.1, -0.05) is 0 Å². The van der Waals surface area contributed by atoms with Gasteiger partial charge in [-0.3, -0.25) is 0 Å². The van der Waals surface area contributed by atoms with Crippen molar-refractivity contribution < 1.29 is 13.7 Å². The smallest absolute Gasteiger partial charge is 0.374 e. The fourth-order valence-electron chi connectivity index (χ4n) is 1.15. The summed E-state index contributed by atoms with van der Waals surface area (Å²) in [6, 6.07) is 2.74. The quantitative estimate of drug-likeness (QED) is 0.624. The predicted octanol–water partition coefficient (Wildman–Crippen LogP) is 1.58. The van der Waals surface area contributed by atoms with E-state index in [9.17, 15) is 18.9 Å². The van der Waals surface area contributed by atoms with Crippen LogP contribution >= 0.6 is 0 Å². The normalized spacial score (nSPS) is 10.1. The molecule has 0 aliphatic carbocycles. The minimum Gasteiger partial charge on any atom is -0.398 e. The van der Waals surface area contributed by atoms with Crippen LogP contribution in [-0.4, -0.2) is 9.91 Å². The van der Waals surface area contributed by atoms with E-state index in [4.69, 9.17) is 11.0 Å². The zero-order valence-corrected chi connectivity index (χ0v) is 7.85. The molecule has 1 rings (SSSR count). The molecule has 0 aliphatic rings. The molecule has 0 bridgehead atoms. The van der Waals surface area contributed by atoms with Gasteiger partial charge in [0.1, 0.15) is 12.0 Å². The highest BCUT2D eigenvalue weighted by molar-refractivity contribution is 5.56. The van der Waals surface area contributed by atoms with Crippen LogP contribution in [0.2, 0.25) is 0 Å². The minimum absolute atomic E-state index is 0.00361. The fourth-order valence-corrected chi connectivity index (χ4v) is 1.15. The second-order valence-corrected chi connectivity index (χ2v) is 2.83. The number of halogens is 2. The van der Waals surface area contributed by atoms with Crippen molar-refractivity contribution in [2.45, 2.75) is 12.8 Å². The van der Waals surface area contributed by atoms with E-state index in [0.717, 1.165) is 6.07 Å². The van der Waals surface area contributed by atoms with Crippen molar-refractivity contribution in [2.24, 2.45) is 0 Å². The number of hydrogen-bond acceptors (Lipinski definition) is 5. The Morgan fingerprint density at radius 1 is 1.69 bits per heavy atom. The monoisotopic (exact) mass is 228 g/mol. The lowest BCUT2D eigenvalue weighted by molar-refractivity contribution is -0.391. The van der Waals surface area contributed by atoms with Crippen LogP contribution in [0.3, 0.4) is 0 Å². The molecule has 1 heterocycles. The molecule has 0 aliphatic heterocycles. The molecule has 0 saturated heterocycles. The lowest BCUT2D eigenvalue weighted by Crippen LogP contribution is -2.06. The Bertz CT molecular complexity index is 470. The van der Waals surface area contributed by atoms with Gasteiger partial charge in [-0.2, -0.15) is 5.26 Å². The van der Waals surface area contributed by atoms with Gasteiger partial charge in [-0.15, -0.1) is 0 Å². The molecular weight excluding hydrogens is 222 g/mol. The summed E-state index contributed by atoms with van der Waals surface area (Å²) in [7, 11) is 0. The Morgan fingerprint density at radius 2 is 2.31 bits per heavy atom. The van der Waals surface area contributed by atoms with Crippen molar-refractivity contribution in [3.8, 4) is 6.07 Å². The summed E-state index contributed by atoms with van der Waals surface area (Å²) in [5.41, 5.74) is 3.91. The lowest BCUT2D eigenvalue weighted by Gasteiger charge is -2.05. The summed E-state index contributed by atoms with van der Waals surface area (Å²) < 4.78 is 25.0. The largest absolute Gasteiger partial charge is 0.398 e. The fraction of sp³-hybridized carbons (Fsp3) is 0.250. The van der Waals surface area contributed by atoms with Crippen LogP contribution in [0.15, 0.2) is 6.07 Å². The first-order chi connectivity index (χ1) is 7.47. The zero-order chi connectivity index (χ0) is 12.3. The molecular formula is C8H6F2N4O2. The molecule has 16 heavy (non-hydrogen) atoms. The number of anilines is 1. The first-order valence-corrected chi connectivity index (χ1v) is 4.06. The maximum Gasteiger partial charge on any atom is 0.374 e. The molecule has 1 aromatic heterocycles. The second kappa shape index (κ2) is 4.48. The molecule has 84 valence electrons. The summed E-state index contributed by atoms with van der Waals surface area (Å²) in [5, 5.41) is 18.9. The van der Waals surface area contributed by atoms with Gasteiger partial charge >= 0.3 is 5.82 Å². The van der Waals surface area contributed by atoms with E-state index in [1.807, 2.05) is 0 Å². The number of nitrogens with two attached hydrogens (primary N) is 1. The predicted molar refractivity (Wildman–Crippen MR) is 49.6 cm³/mol. The topological polar surface area (TPSA) is 106 Å². The van der Waals surface area contributed by atoms with Gasteiger partial charge in [0.25, 0.3) is 6.43 Å². The minimum atomic E-state index is -3.08. The third kappa shape index (κ3) is 2.20. The van der Waals surface area contributed by atoms with E-state index in [-0.39, 0.29) is 12.1 Å². The van der Waals surface area contributed by atoms with Crippen LogP contribution in [0.4, 0.5) is 20.3 Å². The van der Waals surface area contributed by atoms with E-state index in [1.54, 1.807) is 6.07 Å². The number of nitrogens with zero attached hydrogens (tertiary/aromatic N) is 3. The Kier molecular flexibility index (Phi) is 3.30. The van der Waals surface area contributed by atoms with Crippen LogP contribution in [-0.2, 0) is 6.42 Å². The molecule has 0 saturated carbocycles. The van der Waals surface area contributed by atoms with E-state index < -0.39 is 28.4 Å². The lowest BCUT2D eigenvalue weighted by atomic mass is 10.1. The van der Waals surface area contributed by atoms with Crippen LogP contribution in [0.25, 0.3) is 0 Å². The molecule has 1 aromatic rings. The van der Waals surface area contributed by atoms with E-state index in [2.05, 4.69) is 4.98 Å². The highest BCUT2D eigenvalue weighted by Crippen LogP contribution is 2.32. The Balaban J connectivity index is 3.40. The molecule has 0 unspecified atom stereocenters. The Morgan fingerprint density at radius 3 is 2.75 bits per heavy atom. The van der Waals surface area contributed by atoms with Crippen molar-refractivity contribution in [1.82, 2.24) is 4.98 Å². The number of alkyl halides is 2. The summed E-state index contributed by atoms with van der Waals surface area (Å²) in [6.45, 7) is 0. The number of pyridine rings is 1. The average molecular weight is 228 g/mol. The van der Waals surface area contributed by atoms with Crippen molar-refractivity contribution in [3.63, 3.8) is 0 Å². The second-order valence-electron chi connectivity index (χ2n) is 2.83. The molecule has 0 radical (unpaired) electrons. The third-order valence-electron chi connectivity index (χ3n) is 1.77. The molecule has 0 atom stereocenters. The highest BCUT2D eigenvalue weighted by atomic mass is 19.3. The number of nitrogen functional groups attached to an aromatic ring is 1. The van der Waals surface area contributed by atoms with Gasteiger partial charge in [0.2, 0.25) is 0 Å².